The third-order valence-electron chi connectivity index (χ3n) is 17.6. The summed E-state index contributed by atoms with van der Waals surface area (Å²) in [5.74, 6) is 2.13. The minimum Gasteiger partial charge on any atom is -0.355 e. The van der Waals surface area contributed by atoms with Gasteiger partial charge in [0.2, 0.25) is 41.4 Å². The zero-order chi connectivity index (χ0) is 69.2. The van der Waals surface area contributed by atoms with E-state index in [2.05, 4.69) is 81.8 Å². The number of aryl methyl sites for hydroxylation is 9. The number of nitrogens with zero attached hydrogens (tertiary/aromatic N) is 16. The summed E-state index contributed by atoms with van der Waals surface area (Å²) < 4.78 is 7.93. The first-order valence-corrected chi connectivity index (χ1v) is 31.9. The summed E-state index contributed by atoms with van der Waals surface area (Å²) in [4.78, 5) is 113. The molecule has 2 saturated heterocycles. The van der Waals surface area contributed by atoms with E-state index in [1.807, 2.05) is 128 Å². The Kier molecular flexibility index (Phi) is 20.6. The van der Waals surface area contributed by atoms with Crippen molar-refractivity contribution in [2.45, 2.75) is 174 Å². The van der Waals surface area contributed by atoms with E-state index in [4.69, 9.17) is 0 Å². The number of carbonyl (C=O) groups is 8. The van der Waals surface area contributed by atoms with Crippen molar-refractivity contribution in [1.82, 2.24) is 104 Å². The van der Waals surface area contributed by atoms with E-state index < -0.39 is 0 Å². The SMILES string of the molecule is CCC(=O)NCC(C)c1nc2c(C)c(C)[nH]n2n1.CCC(C)C(=O)Nc1ccc(-c2nc3c(C)c(C)[nH]n3n2)cc1.Cc1[nH]n2nc(C(C)CN3C(=O)CC(C)C3=O)nc2c1C.Cc1[nH]n2nc(C(C)CN3C(=O)CCC3=O)nc2c1C.Cc1nn2c(c1C)NC(=O)CC2=O. The molecule has 9 aromatic heterocycles. The number of hydrogen-bond acceptors (Lipinski definition) is 17. The highest BCUT2D eigenvalue weighted by Crippen LogP contribution is 2.27. The molecule has 7 amide bonds. The minimum absolute atomic E-state index is 0.0107. The second-order valence-corrected chi connectivity index (χ2v) is 24.9. The second kappa shape index (κ2) is 28.4. The number of benzene rings is 1. The number of likely N-dealkylation sites (tertiary alicyclic amines) is 2. The molecule has 13 rings (SSSR count). The normalized spacial score (nSPS) is 15.9. The number of aromatic nitrogens is 18. The van der Waals surface area contributed by atoms with Crippen molar-refractivity contribution in [3.05, 3.63) is 98.0 Å². The lowest BCUT2D eigenvalue weighted by molar-refractivity contribution is -0.140. The van der Waals surface area contributed by atoms with Crippen LogP contribution in [0.4, 0.5) is 11.5 Å². The highest BCUT2D eigenvalue weighted by Gasteiger charge is 2.37. The van der Waals surface area contributed by atoms with Gasteiger partial charge in [-0.25, -0.2) is 19.9 Å². The van der Waals surface area contributed by atoms with Gasteiger partial charge in [0.1, 0.15) is 12.2 Å². The quantitative estimate of drug-likeness (QED) is 0.0417. The third-order valence-corrected chi connectivity index (χ3v) is 17.6. The molecule has 0 bridgehead atoms. The molecule has 0 spiro atoms. The van der Waals surface area contributed by atoms with Crippen LogP contribution >= 0.6 is 0 Å². The molecule has 504 valence electrons. The fourth-order valence-corrected chi connectivity index (χ4v) is 10.5. The van der Waals surface area contributed by atoms with Crippen molar-refractivity contribution in [2.24, 2.45) is 11.8 Å². The van der Waals surface area contributed by atoms with Crippen LogP contribution in [0.25, 0.3) is 34.0 Å². The van der Waals surface area contributed by atoms with Gasteiger partial charge in [0.15, 0.2) is 45.9 Å². The van der Waals surface area contributed by atoms with Crippen LogP contribution < -0.4 is 16.0 Å². The maximum absolute atomic E-state index is 12.0. The maximum atomic E-state index is 12.0. The Hall–Kier alpha value is -10.5. The lowest BCUT2D eigenvalue weighted by atomic mass is 10.1. The molecule has 1 aromatic carbocycles. The van der Waals surface area contributed by atoms with Gasteiger partial charge in [0, 0.05) is 137 Å². The van der Waals surface area contributed by atoms with Gasteiger partial charge in [-0.1, -0.05) is 48.5 Å². The molecule has 0 saturated carbocycles. The van der Waals surface area contributed by atoms with Crippen molar-refractivity contribution < 1.29 is 38.4 Å². The van der Waals surface area contributed by atoms with Gasteiger partial charge in [-0.15, -0.1) is 20.4 Å². The highest BCUT2D eigenvalue weighted by molar-refractivity contribution is 6.09. The molecule has 10 aromatic rings. The smallest absolute Gasteiger partial charge is 0.258 e. The number of nitrogens with one attached hydrogen (secondary N) is 7. The topological polar surface area (TPSA) is 381 Å². The first-order chi connectivity index (χ1) is 45.0. The predicted octanol–water partition coefficient (Wildman–Crippen LogP) is 7.21. The Balaban J connectivity index is 0.000000141. The van der Waals surface area contributed by atoms with Crippen molar-refractivity contribution in [3.63, 3.8) is 0 Å². The average Bonchev–Trinajstić information content (AvgIpc) is 1.68. The van der Waals surface area contributed by atoms with Crippen LogP contribution in [0.2, 0.25) is 0 Å². The summed E-state index contributed by atoms with van der Waals surface area (Å²) in [5.41, 5.74) is 15.1. The molecule has 3 aliphatic rings. The summed E-state index contributed by atoms with van der Waals surface area (Å²) in [5, 5.41) is 42.6. The van der Waals surface area contributed by atoms with Gasteiger partial charge in [-0.2, -0.15) is 28.3 Å². The van der Waals surface area contributed by atoms with Gasteiger partial charge in [0.05, 0.1) is 5.69 Å². The van der Waals surface area contributed by atoms with Crippen LogP contribution in [0.3, 0.4) is 0 Å². The zero-order valence-electron chi connectivity index (χ0n) is 57.0. The summed E-state index contributed by atoms with van der Waals surface area (Å²) in [6, 6.07) is 7.60. The van der Waals surface area contributed by atoms with Crippen molar-refractivity contribution in [1.29, 1.82) is 0 Å². The van der Waals surface area contributed by atoms with Gasteiger partial charge in [-0.05, 0) is 99.9 Å². The monoisotopic (exact) mass is 1300 g/mol. The number of amides is 7. The van der Waals surface area contributed by atoms with Crippen LogP contribution in [0.1, 0.15) is 183 Å². The maximum Gasteiger partial charge on any atom is 0.258 e. The molecule has 31 nitrogen and oxygen atoms in total. The first kappa shape index (κ1) is 68.9. The molecule has 3 aliphatic heterocycles. The lowest BCUT2D eigenvalue weighted by Gasteiger charge is -2.17. The van der Waals surface area contributed by atoms with Crippen LogP contribution in [0.5, 0.6) is 0 Å². The summed E-state index contributed by atoms with van der Waals surface area (Å²) in [6.45, 7) is 34.2. The fourth-order valence-electron chi connectivity index (χ4n) is 10.5. The molecule has 95 heavy (non-hydrogen) atoms. The molecule has 2 fully saturated rings. The Morgan fingerprint density at radius 2 is 1.01 bits per heavy atom. The highest BCUT2D eigenvalue weighted by atomic mass is 16.2. The first-order valence-electron chi connectivity index (χ1n) is 31.9. The second-order valence-electron chi connectivity index (χ2n) is 24.9. The standard InChI is InChI=1S/C17H21N5O.C14H19N5O2.C13H17N5O2.C12H19N5O.C8H9N3O2/c1-5-10(2)17(23)18-14-8-6-13(7-9-14)15-19-16-11(3)12(4)20-22(16)21-15;1-7-5-11(20)18(14(7)21)6-8(2)12-15-13-9(3)10(4)16-19(13)17-12;1-7(6-17-10(19)4-5-11(17)20)12-14-13-8(2)9(3)15-18(13)16-12;1-5-10(18)13-6-7(2)11-14-12-8(3)9(4)15-17(12)16-11;1-4-5(2)10-11-7(13)3-6(12)9-8(4)11/h6-10,20H,5H2,1-4H3,(H,18,23);7-8,16H,5-6H2,1-4H3;7,15H,4-6H2,1-3H3;7,15H,5-6H2,1-4H3,(H,13,18);3H2,1-2H3,(H,9,12). The van der Waals surface area contributed by atoms with Gasteiger partial charge >= 0.3 is 0 Å². The molecule has 7 N–H and O–H groups in total. The van der Waals surface area contributed by atoms with Crippen LogP contribution in [-0.2, 0) is 33.6 Å². The van der Waals surface area contributed by atoms with Gasteiger partial charge in [0.25, 0.3) is 5.91 Å². The van der Waals surface area contributed by atoms with E-state index in [0.29, 0.717) is 68.6 Å². The number of fused-ring (bicyclic) bond motifs is 5. The molecular weight excluding hydrogens is 1220 g/mol. The van der Waals surface area contributed by atoms with E-state index in [-0.39, 0.29) is 83.3 Å². The molecule has 0 aliphatic carbocycles. The number of carbonyl (C=O) groups excluding carboxylic acids is 8. The number of imide groups is 2. The third kappa shape index (κ3) is 14.8. The van der Waals surface area contributed by atoms with Crippen molar-refractivity contribution in [2.75, 3.05) is 30.3 Å². The van der Waals surface area contributed by atoms with Crippen molar-refractivity contribution in [3.8, 4) is 11.4 Å². The number of anilines is 2. The summed E-state index contributed by atoms with van der Waals surface area (Å²) in [7, 11) is 0. The Morgan fingerprint density at radius 1 is 0.558 bits per heavy atom. The molecule has 12 heterocycles. The van der Waals surface area contributed by atoms with E-state index in [0.717, 1.165) is 102 Å². The van der Waals surface area contributed by atoms with E-state index in [1.165, 1.54) is 14.5 Å². The van der Waals surface area contributed by atoms with E-state index >= 15 is 0 Å². The van der Waals surface area contributed by atoms with Crippen molar-refractivity contribution >= 4 is 81.4 Å². The van der Waals surface area contributed by atoms with E-state index in [9.17, 15) is 38.4 Å². The fraction of sp³-hybridized carbons (Fsp3) is 0.484. The number of rotatable bonds is 14. The largest absolute Gasteiger partial charge is 0.355 e. The molecular formula is C64H85N23O8. The van der Waals surface area contributed by atoms with Crippen LogP contribution in [0, 0.1) is 81.1 Å². The summed E-state index contributed by atoms with van der Waals surface area (Å²) in [6.07, 6.45) is 2.16. The van der Waals surface area contributed by atoms with Gasteiger partial charge in [-0.3, -0.25) is 68.6 Å². The van der Waals surface area contributed by atoms with Crippen LogP contribution in [-0.4, -0.2) is 166 Å². The minimum atomic E-state index is -0.269. The lowest BCUT2D eigenvalue weighted by Crippen LogP contribution is -2.33. The molecule has 5 atom stereocenters. The number of H-pyrrole nitrogens is 4. The van der Waals surface area contributed by atoms with Crippen LogP contribution in [0.15, 0.2) is 24.3 Å². The Labute approximate surface area is 547 Å². The van der Waals surface area contributed by atoms with Gasteiger partial charge < -0.3 is 16.0 Å². The predicted molar refractivity (Wildman–Crippen MR) is 351 cm³/mol. The van der Waals surface area contributed by atoms with E-state index in [1.54, 1.807) is 32.4 Å². The Morgan fingerprint density at radius 3 is 1.44 bits per heavy atom. The summed E-state index contributed by atoms with van der Waals surface area (Å²) >= 11 is 0. The average molecular weight is 1300 g/mol. The molecule has 0 radical (unpaired) electrons. The molecule has 31 heteroatoms. The number of hydrogen-bond donors (Lipinski definition) is 7. The Bertz CT molecular complexity index is 4540. The number of aromatic amines is 4. The molecule has 5 unspecified atom stereocenters. The zero-order valence-corrected chi connectivity index (χ0v) is 57.0.